The fraction of sp³-hybridized carbons (Fsp3) is 0.286. The van der Waals surface area contributed by atoms with Crippen molar-refractivity contribution in [3.05, 3.63) is 46.2 Å². The van der Waals surface area contributed by atoms with Crippen LogP contribution in [-0.2, 0) is 17.9 Å². The molecule has 2 aromatic rings. The molecule has 1 amide bonds. The molecule has 1 aromatic heterocycles. The molecule has 0 bridgehead atoms. The van der Waals surface area contributed by atoms with E-state index < -0.39 is 11.8 Å². The van der Waals surface area contributed by atoms with Crippen LogP contribution >= 0.6 is 0 Å². The smallest absolute Gasteiger partial charge is 0.255 e. The van der Waals surface area contributed by atoms with Crippen molar-refractivity contribution >= 4 is 16.8 Å². The van der Waals surface area contributed by atoms with Gasteiger partial charge in [-0.3, -0.25) is 9.59 Å². The van der Waals surface area contributed by atoms with Gasteiger partial charge in [0.05, 0.1) is 11.4 Å². The molecule has 1 aromatic carbocycles. The van der Waals surface area contributed by atoms with Gasteiger partial charge in [0, 0.05) is 18.7 Å². The molecule has 4 N–H and O–H groups in total. The number of aromatic nitrogens is 1. The van der Waals surface area contributed by atoms with Crippen molar-refractivity contribution in [1.29, 1.82) is 0 Å². The van der Waals surface area contributed by atoms with E-state index in [4.69, 9.17) is 11.5 Å². The summed E-state index contributed by atoms with van der Waals surface area (Å²) in [7, 11) is 0. The summed E-state index contributed by atoms with van der Waals surface area (Å²) in [5, 5.41) is 0.930. The molecule has 5 nitrogen and oxygen atoms in total. The first-order valence-corrected chi connectivity index (χ1v) is 6.15. The van der Waals surface area contributed by atoms with Crippen LogP contribution in [-0.4, -0.2) is 10.5 Å². The second-order valence-corrected chi connectivity index (χ2v) is 4.65. The van der Waals surface area contributed by atoms with Crippen LogP contribution in [0, 0.1) is 5.92 Å². The van der Waals surface area contributed by atoms with Crippen molar-refractivity contribution in [2.24, 2.45) is 17.4 Å². The second kappa shape index (κ2) is 5.24. The molecule has 0 aliphatic heterocycles. The zero-order chi connectivity index (χ0) is 14.0. The number of nitrogens with zero attached hydrogens (tertiary/aromatic N) is 1. The highest BCUT2D eigenvalue weighted by Crippen LogP contribution is 2.14. The summed E-state index contributed by atoms with van der Waals surface area (Å²) in [6, 6.07) is 9.32. The van der Waals surface area contributed by atoms with E-state index in [1.54, 1.807) is 17.6 Å². The molecular weight excluding hydrogens is 242 g/mol. The number of hydrogen-bond donors (Lipinski definition) is 2. The minimum atomic E-state index is -0.422. The molecule has 19 heavy (non-hydrogen) atoms. The maximum absolute atomic E-state index is 12.3. The number of fused-ring (bicyclic) bond motifs is 1. The summed E-state index contributed by atoms with van der Waals surface area (Å²) in [6.07, 6.45) is 0. The van der Waals surface area contributed by atoms with Gasteiger partial charge in [-0.1, -0.05) is 25.1 Å². The molecule has 0 saturated carbocycles. The van der Waals surface area contributed by atoms with Gasteiger partial charge in [0.15, 0.2) is 0 Å². The van der Waals surface area contributed by atoms with E-state index in [9.17, 15) is 9.59 Å². The van der Waals surface area contributed by atoms with Crippen LogP contribution in [0.25, 0.3) is 10.9 Å². The normalized spacial score (nSPS) is 12.5. The average molecular weight is 259 g/mol. The van der Waals surface area contributed by atoms with E-state index in [0.29, 0.717) is 5.56 Å². The summed E-state index contributed by atoms with van der Waals surface area (Å²) >= 11 is 0. The quantitative estimate of drug-likeness (QED) is 0.841. The van der Waals surface area contributed by atoms with Crippen LogP contribution in [0.4, 0.5) is 0 Å². The lowest BCUT2D eigenvalue weighted by Gasteiger charge is -2.15. The third-order valence-corrected chi connectivity index (χ3v) is 3.24. The van der Waals surface area contributed by atoms with Crippen molar-refractivity contribution in [2.45, 2.75) is 20.0 Å². The molecule has 1 heterocycles. The number of rotatable bonds is 4. The molecular formula is C14H17N3O2. The molecule has 0 fully saturated rings. The fourth-order valence-electron chi connectivity index (χ4n) is 2.08. The Labute approximate surface area is 110 Å². The van der Waals surface area contributed by atoms with E-state index in [2.05, 4.69) is 0 Å². The Kier molecular flexibility index (Phi) is 3.66. The summed E-state index contributed by atoms with van der Waals surface area (Å²) in [5.74, 6) is -0.830. The first kappa shape index (κ1) is 13.3. The van der Waals surface area contributed by atoms with Gasteiger partial charge in [0.2, 0.25) is 5.91 Å². The molecule has 0 saturated heterocycles. The van der Waals surface area contributed by atoms with Crippen molar-refractivity contribution in [3.8, 4) is 0 Å². The zero-order valence-corrected chi connectivity index (χ0v) is 10.8. The van der Waals surface area contributed by atoms with Gasteiger partial charge >= 0.3 is 0 Å². The van der Waals surface area contributed by atoms with Crippen molar-refractivity contribution < 1.29 is 4.79 Å². The SMILES string of the molecule is CC(Cn1c(=O)c(CN)cc2ccccc21)C(N)=O. The minimum Gasteiger partial charge on any atom is -0.369 e. The monoisotopic (exact) mass is 259 g/mol. The Morgan fingerprint density at radius 1 is 1.37 bits per heavy atom. The predicted octanol–water partition coefficient (Wildman–Crippen LogP) is 0.582. The van der Waals surface area contributed by atoms with Crippen LogP contribution in [0.3, 0.4) is 0 Å². The molecule has 1 unspecified atom stereocenters. The summed E-state index contributed by atoms with van der Waals surface area (Å²) in [6.45, 7) is 2.15. The van der Waals surface area contributed by atoms with Crippen LogP contribution < -0.4 is 17.0 Å². The molecule has 0 aliphatic carbocycles. The van der Waals surface area contributed by atoms with Crippen LogP contribution in [0.2, 0.25) is 0 Å². The Balaban J connectivity index is 2.65. The van der Waals surface area contributed by atoms with Crippen LogP contribution in [0.15, 0.2) is 35.1 Å². The lowest BCUT2D eigenvalue weighted by atomic mass is 10.1. The lowest BCUT2D eigenvalue weighted by molar-refractivity contribution is -0.121. The maximum Gasteiger partial charge on any atom is 0.255 e. The van der Waals surface area contributed by atoms with Crippen LogP contribution in [0.5, 0.6) is 0 Å². The lowest BCUT2D eigenvalue weighted by Crippen LogP contribution is -2.32. The number of nitrogens with two attached hydrogens (primary N) is 2. The number of amides is 1. The number of carbonyl (C=O) groups excluding carboxylic acids is 1. The van der Waals surface area contributed by atoms with Gasteiger partial charge in [-0.2, -0.15) is 0 Å². The number of para-hydroxylation sites is 1. The minimum absolute atomic E-state index is 0.158. The highest BCUT2D eigenvalue weighted by atomic mass is 16.1. The molecule has 2 rings (SSSR count). The first-order chi connectivity index (χ1) is 9.04. The van der Waals surface area contributed by atoms with E-state index >= 15 is 0 Å². The molecule has 0 radical (unpaired) electrons. The highest BCUT2D eigenvalue weighted by Gasteiger charge is 2.14. The van der Waals surface area contributed by atoms with E-state index in [-0.39, 0.29) is 18.6 Å². The van der Waals surface area contributed by atoms with Gasteiger partial charge in [-0.25, -0.2) is 0 Å². The van der Waals surface area contributed by atoms with Gasteiger partial charge in [-0.15, -0.1) is 0 Å². The molecule has 5 heteroatoms. The Bertz CT molecular complexity index is 676. The van der Waals surface area contributed by atoms with Crippen molar-refractivity contribution in [3.63, 3.8) is 0 Å². The van der Waals surface area contributed by atoms with Crippen molar-refractivity contribution in [1.82, 2.24) is 4.57 Å². The summed E-state index contributed by atoms with van der Waals surface area (Å²) in [5.41, 5.74) is 12.0. The standard InChI is InChI=1S/C14H17N3O2/c1-9(13(16)18)8-17-12-5-3-2-4-10(12)6-11(7-15)14(17)19/h2-6,9H,7-8,15H2,1H3,(H2,16,18). The Morgan fingerprint density at radius 3 is 2.68 bits per heavy atom. The fourth-order valence-corrected chi connectivity index (χ4v) is 2.08. The predicted molar refractivity (Wildman–Crippen MR) is 74.5 cm³/mol. The van der Waals surface area contributed by atoms with Crippen molar-refractivity contribution in [2.75, 3.05) is 0 Å². The Hall–Kier alpha value is -2.14. The molecule has 1 atom stereocenters. The number of benzene rings is 1. The third kappa shape index (κ3) is 2.51. The largest absolute Gasteiger partial charge is 0.369 e. The molecule has 0 aliphatic rings. The third-order valence-electron chi connectivity index (χ3n) is 3.24. The van der Waals surface area contributed by atoms with E-state index in [1.807, 2.05) is 24.3 Å². The molecule has 100 valence electrons. The Morgan fingerprint density at radius 2 is 2.05 bits per heavy atom. The van der Waals surface area contributed by atoms with Gasteiger partial charge < -0.3 is 16.0 Å². The number of carbonyl (C=O) groups is 1. The number of primary amides is 1. The van der Waals surface area contributed by atoms with Gasteiger partial charge in [0.1, 0.15) is 0 Å². The topological polar surface area (TPSA) is 91.1 Å². The van der Waals surface area contributed by atoms with Gasteiger partial charge in [0.25, 0.3) is 5.56 Å². The average Bonchev–Trinajstić information content (AvgIpc) is 2.41. The highest BCUT2D eigenvalue weighted by molar-refractivity contribution is 5.80. The van der Waals surface area contributed by atoms with E-state index in [1.165, 1.54) is 0 Å². The number of hydrogen-bond acceptors (Lipinski definition) is 3. The first-order valence-electron chi connectivity index (χ1n) is 6.15. The maximum atomic E-state index is 12.3. The molecule has 0 spiro atoms. The number of pyridine rings is 1. The second-order valence-electron chi connectivity index (χ2n) is 4.65. The van der Waals surface area contributed by atoms with E-state index in [0.717, 1.165) is 10.9 Å². The van der Waals surface area contributed by atoms with Crippen LogP contribution in [0.1, 0.15) is 12.5 Å². The van der Waals surface area contributed by atoms with Gasteiger partial charge in [-0.05, 0) is 17.5 Å². The summed E-state index contributed by atoms with van der Waals surface area (Å²) in [4.78, 5) is 23.5. The summed E-state index contributed by atoms with van der Waals surface area (Å²) < 4.78 is 1.58. The zero-order valence-electron chi connectivity index (χ0n) is 10.8.